The number of rotatable bonds is 7. The van der Waals surface area contributed by atoms with Crippen LogP contribution in [0.2, 0.25) is 0 Å². The van der Waals surface area contributed by atoms with Crippen LogP contribution in [0.25, 0.3) is 20.4 Å². The molecule has 0 atom stereocenters. The largest absolute Gasteiger partial charge is 0.495 e. The topological polar surface area (TPSA) is 79.8 Å². The average molecular weight is 484 g/mol. The summed E-state index contributed by atoms with van der Waals surface area (Å²) in [6.07, 6.45) is 0. The molecule has 5 rings (SSSR count). The van der Waals surface area contributed by atoms with E-state index in [1.807, 2.05) is 36.4 Å². The van der Waals surface area contributed by atoms with E-state index in [0.29, 0.717) is 11.6 Å². The Hall–Kier alpha value is -2.95. The molecule has 172 valence electrons. The van der Waals surface area contributed by atoms with Gasteiger partial charge in [0, 0.05) is 39.3 Å². The van der Waals surface area contributed by atoms with Crippen LogP contribution in [0.1, 0.15) is 9.80 Å². The molecular weight excluding hydrogens is 458 g/mol. The summed E-state index contributed by atoms with van der Waals surface area (Å²) < 4.78 is 13.0. The fraction of sp³-hybridized carbons (Fsp3) is 0.348. The van der Waals surface area contributed by atoms with E-state index in [-0.39, 0.29) is 5.91 Å². The smallest absolute Gasteiger partial charge is 0.280 e. The minimum Gasteiger partial charge on any atom is -0.495 e. The van der Waals surface area contributed by atoms with Gasteiger partial charge in [0.2, 0.25) is 0 Å². The molecule has 2 aromatic heterocycles. The molecule has 1 aliphatic rings. The van der Waals surface area contributed by atoms with Gasteiger partial charge >= 0.3 is 0 Å². The number of methoxy groups -OCH3 is 2. The number of fused-ring (bicyclic) bond motifs is 2. The van der Waals surface area contributed by atoms with Gasteiger partial charge in [0.15, 0.2) is 10.1 Å². The monoisotopic (exact) mass is 483 g/mol. The van der Waals surface area contributed by atoms with E-state index in [9.17, 15) is 4.79 Å². The number of hydrogen-bond donors (Lipinski definition) is 1. The van der Waals surface area contributed by atoms with Crippen LogP contribution < -0.4 is 19.7 Å². The number of anilines is 1. The molecule has 0 saturated carbocycles. The third-order valence-electron chi connectivity index (χ3n) is 5.74. The number of thiazole rings is 2. The van der Waals surface area contributed by atoms with E-state index >= 15 is 0 Å². The molecule has 1 fully saturated rings. The van der Waals surface area contributed by atoms with E-state index in [4.69, 9.17) is 14.5 Å². The first-order chi connectivity index (χ1) is 16.2. The first kappa shape index (κ1) is 21.9. The quantitative estimate of drug-likeness (QED) is 0.431. The number of para-hydroxylation sites is 1. The minimum atomic E-state index is -0.104. The van der Waals surface area contributed by atoms with Crippen LogP contribution in [0.4, 0.5) is 5.13 Å². The van der Waals surface area contributed by atoms with Gasteiger partial charge in [0.25, 0.3) is 5.91 Å². The van der Waals surface area contributed by atoms with Crippen molar-refractivity contribution in [2.75, 3.05) is 58.4 Å². The number of carbonyl (C=O) groups excluding carboxylic acids is 1. The third-order valence-corrected chi connectivity index (χ3v) is 7.91. The lowest BCUT2D eigenvalue weighted by molar-refractivity contribution is 0.0947. The summed E-state index contributed by atoms with van der Waals surface area (Å²) in [4.78, 5) is 26.4. The maximum absolute atomic E-state index is 12.5. The number of hydrogen-bond acceptors (Lipinski definition) is 9. The van der Waals surface area contributed by atoms with Crippen LogP contribution in [-0.2, 0) is 0 Å². The Morgan fingerprint density at radius 3 is 2.52 bits per heavy atom. The van der Waals surface area contributed by atoms with Gasteiger partial charge in [-0.2, -0.15) is 0 Å². The highest BCUT2D eigenvalue weighted by Gasteiger charge is 2.22. The molecule has 1 N–H and O–H groups in total. The molecular formula is C23H25N5O3S2. The van der Waals surface area contributed by atoms with Crippen LogP contribution in [0.3, 0.4) is 0 Å². The number of nitrogens with one attached hydrogen (secondary N) is 1. The van der Waals surface area contributed by atoms with Crippen molar-refractivity contribution in [3.05, 3.63) is 41.4 Å². The van der Waals surface area contributed by atoms with Crippen molar-refractivity contribution < 1.29 is 14.3 Å². The highest BCUT2D eigenvalue weighted by molar-refractivity contribution is 7.22. The zero-order chi connectivity index (χ0) is 22.8. The first-order valence-corrected chi connectivity index (χ1v) is 12.4. The van der Waals surface area contributed by atoms with Gasteiger partial charge in [0.1, 0.15) is 21.7 Å². The second-order valence-corrected chi connectivity index (χ2v) is 9.72. The van der Waals surface area contributed by atoms with Crippen molar-refractivity contribution in [1.82, 2.24) is 20.2 Å². The van der Waals surface area contributed by atoms with E-state index in [1.54, 1.807) is 25.6 Å². The van der Waals surface area contributed by atoms with Crippen molar-refractivity contribution in [3.63, 3.8) is 0 Å². The van der Waals surface area contributed by atoms with Gasteiger partial charge in [0.05, 0.1) is 24.4 Å². The molecule has 3 heterocycles. The lowest BCUT2D eigenvalue weighted by Crippen LogP contribution is -2.48. The Morgan fingerprint density at radius 2 is 1.76 bits per heavy atom. The van der Waals surface area contributed by atoms with E-state index in [1.165, 1.54) is 11.3 Å². The maximum Gasteiger partial charge on any atom is 0.280 e. The standard InChI is InChI=1S/C23H25N5O3S2/c1-30-16-7-8-17(31-2)20-19(16)26-23(33-20)28-13-11-27(12-14-28)10-9-24-21(29)22-25-15-5-3-4-6-18(15)32-22/h3-8H,9-14H2,1-2H3,(H,24,29). The van der Waals surface area contributed by atoms with Crippen molar-refractivity contribution in [2.45, 2.75) is 0 Å². The number of nitrogens with zero attached hydrogens (tertiary/aromatic N) is 4. The number of aromatic nitrogens is 2. The summed E-state index contributed by atoms with van der Waals surface area (Å²) in [5, 5.41) is 4.51. The van der Waals surface area contributed by atoms with E-state index in [0.717, 1.165) is 69.8 Å². The van der Waals surface area contributed by atoms with Crippen LogP contribution in [0, 0.1) is 0 Å². The normalized spacial score (nSPS) is 14.7. The Balaban J connectivity index is 1.15. The van der Waals surface area contributed by atoms with Gasteiger partial charge in [-0.3, -0.25) is 9.69 Å². The number of benzene rings is 2. The molecule has 0 unspecified atom stereocenters. The van der Waals surface area contributed by atoms with E-state index < -0.39 is 0 Å². The number of ether oxygens (including phenoxy) is 2. The fourth-order valence-corrected chi connectivity index (χ4v) is 5.95. The predicted octanol–water partition coefficient (Wildman–Crippen LogP) is 3.48. The summed E-state index contributed by atoms with van der Waals surface area (Å²) in [6, 6.07) is 11.6. The van der Waals surface area contributed by atoms with Gasteiger partial charge in [-0.25, -0.2) is 9.97 Å². The summed E-state index contributed by atoms with van der Waals surface area (Å²) in [5.74, 6) is 1.47. The lowest BCUT2D eigenvalue weighted by Gasteiger charge is -2.34. The van der Waals surface area contributed by atoms with Crippen molar-refractivity contribution in [3.8, 4) is 11.5 Å². The number of amides is 1. The Bertz CT molecular complexity index is 1210. The van der Waals surface area contributed by atoms with Gasteiger partial charge in [-0.05, 0) is 24.3 Å². The summed E-state index contributed by atoms with van der Waals surface area (Å²) in [5.41, 5.74) is 1.71. The molecule has 0 spiro atoms. The molecule has 2 aromatic carbocycles. The summed E-state index contributed by atoms with van der Waals surface area (Å²) in [6.45, 7) is 5.02. The summed E-state index contributed by atoms with van der Waals surface area (Å²) in [7, 11) is 3.34. The second kappa shape index (κ2) is 9.50. The number of piperazine rings is 1. The average Bonchev–Trinajstić information content (AvgIpc) is 3.49. The molecule has 8 nitrogen and oxygen atoms in total. The Kier molecular flexibility index (Phi) is 6.30. The molecule has 0 radical (unpaired) electrons. The fourth-order valence-electron chi connectivity index (χ4n) is 3.94. The second-order valence-electron chi connectivity index (χ2n) is 7.72. The van der Waals surface area contributed by atoms with Crippen molar-refractivity contribution in [1.29, 1.82) is 0 Å². The SMILES string of the molecule is COc1ccc(OC)c2sc(N3CCN(CCNC(=O)c4nc5ccccc5s4)CC3)nc12. The highest BCUT2D eigenvalue weighted by atomic mass is 32.1. The zero-order valence-corrected chi connectivity index (χ0v) is 20.2. The van der Waals surface area contributed by atoms with Crippen LogP contribution in [0.5, 0.6) is 11.5 Å². The van der Waals surface area contributed by atoms with Crippen LogP contribution >= 0.6 is 22.7 Å². The minimum absolute atomic E-state index is 0.104. The van der Waals surface area contributed by atoms with Crippen LogP contribution in [0.15, 0.2) is 36.4 Å². The van der Waals surface area contributed by atoms with Crippen molar-refractivity contribution >= 4 is 54.1 Å². The Labute approximate surface area is 199 Å². The molecule has 0 aliphatic carbocycles. The number of carbonyl (C=O) groups is 1. The molecule has 10 heteroatoms. The lowest BCUT2D eigenvalue weighted by atomic mass is 10.3. The maximum atomic E-state index is 12.5. The zero-order valence-electron chi connectivity index (χ0n) is 18.5. The molecule has 0 bridgehead atoms. The van der Waals surface area contributed by atoms with Crippen LogP contribution in [-0.4, -0.2) is 74.3 Å². The van der Waals surface area contributed by atoms with Gasteiger partial charge < -0.3 is 19.7 Å². The van der Waals surface area contributed by atoms with Gasteiger partial charge in [-0.1, -0.05) is 23.5 Å². The Morgan fingerprint density at radius 1 is 1.00 bits per heavy atom. The third kappa shape index (κ3) is 4.46. The first-order valence-electron chi connectivity index (χ1n) is 10.8. The van der Waals surface area contributed by atoms with Gasteiger partial charge in [-0.15, -0.1) is 11.3 Å². The predicted molar refractivity (Wildman–Crippen MR) is 133 cm³/mol. The molecule has 33 heavy (non-hydrogen) atoms. The summed E-state index contributed by atoms with van der Waals surface area (Å²) >= 11 is 3.06. The van der Waals surface area contributed by atoms with Crippen molar-refractivity contribution in [2.24, 2.45) is 0 Å². The molecule has 1 saturated heterocycles. The highest BCUT2D eigenvalue weighted by Crippen LogP contribution is 2.40. The molecule has 1 amide bonds. The van der Waals surface area contributed by atoms with E-state index in [2.05, 4.69) is 20.1 Å². The molecule has 1 aliphatic heterocycles. The molecule has 4 aromatic rings.